The number of aromatic nitrogens is 2. The van der Waals surface area contributed by atoms with Gasteiger partial charge < -0.3 is 20.2 Å². The number of benzene rings is 1. The molecule has 5 rings (SSSR count). The van der Waals surface area contributed by atoms with Crippen LogP contribution in [0.15, 0.2) is 58.3 Å². The van der Waals surface area contributed by atoms with Gasteiger partial charge in [0.05, 0.1) is 24.8 Å². The zero-order chi connectivity index (χ0) is 29.3. The van der Waals surface area contributed by atoms with Gasteiger partial charge in [0, 0.05) is 37.3 Å². The predicted molar refractivity (Wildman–Crippen MR) is 157 cm³/mol. The predicted octanol–water partition coefficient (Wildman–Crippen LogP) is 2.19. The maximum absolute atomic E-state index is 13.4. The number of carbonyl (C=O) groups excluding carboxylic acids is 2. The van der Waals surface area contributed by atoms with Crippen LogP contribution >= 0.6 is 0 Å². The Balaban J connectivity index is 1.31. The number of aliphatic hydroxyl groups excluding tert-OH is 1. The van der Waals surface area contributed by atoms with Gasteiger partial charge in [-0.05, 0) is 49.8 Å². The van der Waals surface area contributed by atoms with E-state index in [0.717, 1.165) is 22.1 Å². The molecule has 2 saturated heterocycles. The van der Waals surface area contributed by atoms with Crippen LogP contribution in [0.5, 0.6) is 0 Å². The molecule has 10 heteroatoms. The average Bonchev–Trinajstić information content (AvgIpc) is 3.09. The number of urea groups is 1. The molecule has 2 unspecified atom stereocenters. The Labute approximate surface area is 239 Å². The minimum atomic E-state index is -0.624. The molecular weight excluding hydrogens is 522 g/mol. The van der Waals surface area contributed by atoms with Crippen molar-refractivity contribution < 1.29 is 14.7 Å². The molecule has 2 fully saturated rings. The standard InChI is InChI=1S/C31H39N5O5/c1-21-7-6-8-24(22(21)2)25-19-34(30(41)36(17-18-37)28(25)39)20-27(38)33-14-10-23(11-15-33)35-16-13-31(3)12-5-4-9-26(31)32-29(35)40/h4-9,12,19,23,26,37H,10-11,13-18,20H2,1-3H3,(H,32,40). The van der Waals surface area contributed by atoms with Gasteiger partial charge >= 0.3 is 11.7 Å². The number of likely N-dealkylation sites (tertiary alicyclic amines) is 1. The van der Waals surface area contributed by atoms with E-state index < -0.39 is 11.2 Å². The van der Waals surface area contributed by atoms with Crippen molar-refractivity contribution >= 4 is 11.9 Å². The van der Waals surface area contributed by atoms with Gasteiger partial charge in [0.1, 0.15) is 6.54 Å². The van der Waals surface area contributed by atoms with Gasteiger partial charge in [0.25, 0.3) is 5.56 Å². The Morgan fingerprint density at radius 2 is 1.83 bits per heavy atom. The number of aryl methyl sites for hydroxylation is 1. The van der Waals surface area contributed by atoms with Crippen LogP contribution < -0.4 is 16.6 Å². The molecule has 3 aliphatic rings. The van der Waals surface area contributed by atoms with E-state index in [2.05, 4.69) is 18.3 Å². The van der Waals surface area contributed by atoms with Crippen LogP contribution in [0.2, 0.25) is 0 Å². The molecule has 0 spiro atoms. The van der Waals surface area contributed by atoms with E-state index in [4.69, 9.17) is 0 Å². The average molecular weight is 562 g/mol. The van der Waals surface area contributed by atoms with Crippen LogP contribution in [0, 0.1) is 19.3 Å². The number of rotatable bonds is 6. The van der Waals surface area contributed by atoms with Crippen molar-refractivity contribution in [1.82, 2.24) is 24.3 Å². The van der Waals surface area contributed by atoms with E-state index in [1.807, 2.05) is 55.2 Å². The summed E-state index contributed by atoms with van der Waals surface area (Å²) < 4.78 is 2.27. The lowest BCUT2D eigenvalue weighted by molar-refractivity contribution is -0.133. The largest absolute Gasteiger partial charge is 0.395 e. The van der Waals surface area contributed by atoms with Gasteiger partial charge in [0.2, 0.25) is 5.91 Å². The first kappa shape index (κ1) is 28.6. The number of carbonyl (C=O) groups is 2. The monoisotopic (exact) mass is 561 g/mol. The Kier molecular flexibility index (Phi) is 8.04. The fourth-order valence-corrected chi connectivity index (χ4v) is 6.22. The van der Waals surface area contributed by atoms with Crippen molar-refractivity contribution in [1.29, 1.82) is 0 Å². The van der Waals surface area contributed by atoms with Gasteiger partial charge in [-0.25, -0.2) is 9.59 Å². The second-order valence-corrected chi connectivity index (χ2v) is 11.6. The SMILES string of the molecule is Cc1cccc(-c2cn(CC(=O)N3CCC(N4CCC5(C)C=CC=CC5NC4=O)CC3)c(=O)n(CCO)c2=O)c1C. The zero-order valence-corrected chi connectivity index (χ0v) is 24.0. The lowest BCUT2D eigenvalue weighted by atomic mass is 9.77. The molecule has 10 nitrogen and oxygen atoms in total. The highest BCUT2D eigenvalue weighted by molar-refractivity contribution is 5.77. The van der Waals surface area contributed by atoms with Crippen molar-refractivity contribution in [3.63, 3.8) is 0 Å². The molecule has 218 valence electrons. The maximum atomic E-state index is 13.4. The van der Waals surface area contributed by atoms with Crippen LogP contribution in [0.1, 0.15) is 37.3 Å². The van der Waals surface area contributed by atoms with Crippen LogP contribution in [-0.4, -0.2) is 74.3 Å². The molecule has 3 heterocycles. The summed E-state index contributed by atoms with van der Waals surface area (Å²) in [5.41, 5.74) is 1.70. The molecule has 0 bridgehead atoms. The lowest BCUT2D eigenvalue weighted by Crippen LogP contribution is -2.53. The van der Waals surface area contributed by atoms with Crippen LogP contribution in [0.3, 0.4) is 0 Å². The fraction of sp³-hybridized carbons (Fsp3) is 0.484. The molecular formula is C31H39N5O5. The Bertz CT molecular complexity index is 1510. The van der Waals surface area contributed by atoms with E-state index in [1.165, 1.54) is 10.8 Å². The number of hydrogen-bond donors (Lipinski definition) is 2. The minimum Gasteiger partial charge on any atom is -0.395 e. The molecule has 41 heavy (non-hydrogen) atoms. The molecule has 0 radical (unpaired) electrons. The first-order valence-corrected chi connectivity index (χ1v) is 14.4. The van der Waals surface area contributed by atoms with E-state index >= 15 is 0 Å². The second-order valence-electron chi connectivity index (χ2n) is 11.6. The normalized spacial score (nSPS) is 22.8. The highest BCUT2D eigenvalue weighted by Gasteiger charge is 2.40. The van der Waals surface area contributed by atoms with Gasteiger partial charge in [0.15, 0.2) is 0 Å². The van der Waals surface area contributed by atoms with E-state index in [-0.39, 0.29) is 49.1 Å². The lowest BCUT2D eigenvalue weighted by Gasteiger charge is -2.38. The van der Waals surface area contributed by atoms with Crippen molar-refractivity contribution in [2.24, 2.45) is 5.41 Å². The van der Waals surface area contributed by atoms with E-state index in [9.17, 15) is 24.3 Å². The van der Waals surface area contributed by atoms with Crippen LogP contribution in [0.4, 0.5) is 4.79 Å². The van der Waals surface area contributed by atoms with Crippen molar-refractivity contribution in [3.05, 3.63) is 80.7 Å². The third kappa shape index (κ3) is 5.53. The van der Waals surface area contributed by atoms with Gasteiger partial charge in [-0.1, -0.05) is 49.4 Å². The third-order valence-corrected chi connectivity index (χ3v) is 9.05. The molecule has 3 amide bonds. The summed E-state index contributed by atoms with van der Waals surface area (Å²) in [5, 5.41) is 12.7. The fourth-order valence-electron chi connectivity index (χ4n) is 6.22. The summed E-state index contributed by atoms with van der Waals surface area (Å²) in [7, 11) is 0. The minimum absolute atomic E-state index is 0.0286. The highest BCUT2D eigenvalue weighted by Crippen LogP contribution is 2.35. The topological polar surface area (TPSA) is 117 Å². The number of piperidine rings is 1. The van der Waals surface area contributed by atoms with Gasteiger partial charge in [-0.2, -0.15) is 0 Å². The molecule has 1 aromatic carbocycles. The Morgan fingerprint density at radius 1 is 1.07 bits per heavy atom. The van der Waals surface area contributed by atoms with Crippen molar-refractivity contribution in [2.45, 2.75) is 65.2 Å². The zero-order valence-electron chi connectivity index (χ0n) is 24.0. The molecule has 0 saturated carbocycles. The van der Waals surface area contributed by atoms with Gasteiger partial charge in [-0.3, -0.25) is 18.7 Å². The van der Waals surface area contributed by atoms with Crippen molar-refractivity contribution in [3.8, 4) is 11.1 Å². The van der Waals surface area contributed by atoms with Crippen LogP contribution in [0.25, 0.3) is 11.1 Å². The molecule has 1 aliphatic carbocycles. The second kappa shape index (κ2) is 11.5. The van der Waals surface area contributed by atoms with Crippen LogP contribution in [-0.2, 0) is 17.9 Å². The number of allylic oxidation sites excluding steroid dienone is 2. The Hall–Kier alpha value is -3.92. The molecule has 2 N–H and O–H groups in total. The van der Waals surface area contributed by atoms with Crippen molar-refractivity contribution in [2.75, 3.05) is 26.2 Å². The first-order chi connectivity index (χ1) is 19.6. The highest BCUT2D eigenvalue weighted by atomic mass is 16.3. The smallest absolute Gasteiger partial charge is 0.331 e. The Morgan fingerprint density at radius 3 is 2.56 bits per heavy atom. The number of nitrogens with one attached hydrogen (secondary N) is 1. The summed E-state index contributed by atoms with van der Waals surface area (Å²) in [5.74, 6) is -0.221. The molecule has 2 atom stereocenters. The molecule has 2 aliphatic heterocycles. The summed E-state index contributed by atoms with van der Waals surface area (Å²) in [4.78, 5) is 56.5. The number of aliphatic hydroxyl groups is 1. The summed E-state index contributed by atoms with van der Waals surface area (Å²) in [6, 6.07) is 5.55. The number of nitrogens with zero attached hydrogens (tertiary/aromatic N) is 4. The van der Waals surface area contributed by atoms with E-state index in [1.54, 1.807) is 4.90 Å². The summed E-state index contributed by atoms with van der Waals surface area (Å²) in [6.45, 7) is 6.89. The van der Waals surface area contributed by atoms with Gasteiger partial charge in [-0.15, -0.1) is 0 Å². The van der Waals surface area contributed by atoms with E-state index in [0.29, 0.717) is 43.6 Å². The maximum Gasteiger partial charge on any atom is 0.331 e. The number of hydrogen-bond acceptors (Lipinski definition) is 5. The number of fused-ring (bicyclic) bond motifs is 1. The molecule has 1 aromatic heterocycles. The quantitative estimate of drug-likeness (QED) is 0.561. The number of amides is 3. The summed E-state index contributed by atoms with van der Waals surface area (Å²) >= 11 is 0. The summed E-state index contributed by atoms with van der Waals surface area (Å²) in [6.07, 6.45) is 11.8. The first-order valence-electron chi connectivity index (χ1n) is 14.4. The third-order valence-electron chi connectivity index (χ3n) is 9.05. The molecule has 2 aromatic rings.